The average Bonchev–Trinajstić information content (AvgIpc) is 2.42. The summed E-state index contributed by atoms with van der Waals surface area (Å²) in [6.45, 7) is 6.00. The normalized spacial score (nSPS) is 10.2. The maximum atomic E-state index is 11.8. The summed E-state index contributed by atoms with van der Waals surface area (Å²) in [4.78, 5) is 11.8. The molecule has 19 heavy (non-hydrogen) atoms. The Morgan fingerprint density at radius 1 is 1.42 bits per heavy atom. The lowest BCUT2D eigenvalue weighted by Gasteiger charge is -2.08. The van der Waals surface area contributed by atoms with Gasteiger partial charge in [0.2, 0.25) is 0 Å². The number of hydrogen-bond acceptors (Lipinski definition) is 3. The van der Waals surface area contributed by atoms with Crippen molar-refractivity contribution in [3.05, 3.63) is 35.4 Å². The molecule has 1 N–H and O–H groups in total. The van der Waals surface area contributed by atoms with Crippen LogP contribution in [0.3, 0.4) is 0 Å². The molecule has 1 rings (SSSR count). The lowest BCUT2D eigenvalue weighted by Crippen LogP contribution is -2.27. The molecule has 102 valence electrons. The molecule has 0 spiro atoms. The second-order valence-electron chi connectivity index (χ2n) is 4.74. The summed E-state index contributed by atoms with van der Waals surface area (Å²) >= 11 is 0. The molecule has 0 saturated heterocycles. The largest absolute Gasteiger partial charge is 0.380 e. The molecule has 0 aliphatic carbocycles. The number of carbonyl (C=O) groups is 1. The molecule has 0 aliphatic rings. The number of rotatable bonds is 7. The van der Waals surface area contributed by atoms with Crippen molar-refractivity contribution in [2.75, 3.05) is 19.8 Å². The predicted octanol–water partition coefficient (Wildman–Crippen LogP) is 2.35. The average molecular weight is 260 g/mol. The first kappa shape index (κ1) is 15.2. The summed E-state index contributed by atoms with van der Waals surface area (Å²) in [7, 11) is 0. The van der Waals surface area contributed by atoms with Gasteiger partial charge in [0.1, 0.15) is 0 Å². The van der Waals surface area contributed by atoms with Gasteiger partial charge < -0.3 is 10.1 Å². The summed E-state index contributed by atoms with van der Waals surface area (Å²) < 4.78 is 5.41. The second kappa shape index (κ2) is 8.28. The number of benzene rings is 1. The van der Waals surface area contributed by atoms with Gasteiger partial charge in [0.25, 0.3) is 5.91 Å². The molecule has 0 saturated carbocycles. The quantitative estimate of drug-likeness (QED) is 0.765. The van der Waals surface area contributed by atoms with Crippen LogP contribution in [-0.2, 0) is 4.74 Å². The van der Waals surface area contributed by atoms with Crippen molar-refractivity contribution in [1.29, 1.82) is 5.26 Å². The van der Waals surface area contributed by atoms with Gasteiger partial charge in [0.05, 0.1) is 18.2 Å². The van der Waals surface area contributed by atoms with E-state index in [2.05, 4.69) is 19.2 Å². The highest BCUT2D eigenvalue weighted by molar-refractivity contribution is 5.94. The molecule has 0 heterocycles. The third-order valence-electron chi connectivity index (χ3n) is 2.63. The van der Waals surface area contributed by atoms with E-state index >= 15 is 0 Å². The van der Waals surface area contributed by atoms with Crippen LogP contribution in [0.5, 0.6) is 0 Å². The van der Waals surface area contributed by atoms with E-state index < -0.39 is 0 Å². The molecule has 0 aliphatic heterocycles. The van der Waals surface area contributed by atoms with Gasteiger partial charge in [-0.3, -0.25) is 4.79 Å². The fourth-order valence-electron chi connectivity index (χ4n) is 1.49. The van der Waals surface area contributed by atoms with Gasteiger partial charge in [-0.1, -0.05) is 19.9 Å². The van der Waals surface area contributed by atoms with Gasteiger partial charge in [-0.05, 0) is 30.5 Å². The van der Waals surface area contributed by atoms with E-state index in [0.717, 1.165) is 13.0 Å². The van der Waals surface area contributed by atoms with Crippen LogP contribution in [-0.4, -0.2) is 25.7 Å². The molecular weight excluding hydrogens is 240 g/mol. The van der Waals surface area contributed by atoms with E-state index in [9.17, 15) is 4.79 Å². The Balaban J connectivity index is 2.26. The van der Waals surface area contributed by atoms with Gasteiger partial charge >= 0.3 is 0 Å². The van der Waals surface area contributed by atoms with Crippen molar-refractivity contribution >= 4 is 5.91 Å². The van der Waals surface area contributed by atoms with Crippen LogP contribution in [0.15, 0.2) is 24.3 Å². The molecule has 0 radical (unpaired) electrons. The third kappa shape index (κ3) is 6.03. The minimum Gasteiger partial charge on any atom is -0.380 e. The van der Waals surface area contributed by atoms with Gasteiger partial charge in [-0.15, -0.1) is 0 Å². The van der Waals surface area contributed by atoms with E-state index in [1.54, 1.807) is 24.3 Å². The Morgan fingerprint density at radius 2 is 2.21 bits per heavy atom. The van der Waals surface area contributed by atoms with Crippen LogP contribution in [0.2, 0.25) is 0 Å². The minimum absolute atomic E-state index is 0.176. The first-order chi connectivity index (χ1) is 9.13. The van der Waals surface area contributed by atoms with Crippen LogP contribution in [0.25, 0.3) is 0 Å². The number of nitrogens with one attached hydrogen (secondary N) is 1. The molecule has 4 heteroatoms. The highest BCUT2D eigenvalue weighted by Gasteiger charge is 2.05. The zero-order valence-electron chi connectivity index (χ0n) is 11.5. The summed E-state index contributed by atoms with van der Waals surface area (Å²) in [5, 5.41) is 11.5. The van der Waals surface area contributed by atoms with E-state index in [1.165, 1.54) is 0 Å². The Kier molecular flexibility index (Phi) is 6.62. The Hall–Kier alpha value is -1.86. The maximum absolute atomic E-state index is 11.8. The lowest BCUT2D eigenvalue weighted by molar-refractivity contribution is 0.0906. The van der Waals surface area contributed by atoms with Gasteiger partial charge in [0.15, 0.2) is 0 Å². The molecule has 0 unspecified atom stereocenters. The van der Waals surface area contributed by atoms with E-state index in [4.69, 9.17) is 10.00 Å². The van der Waals surface area contributed by atoms with Crippen LogP contribution < -0.4 is 5.32 Å². The molecule has 0 aromatic heterocycles. The summed E-state index contributed by atoms with van der Waals surface area (Å²) in [6.07, 6.45) is 1.03. The van der Waals surface area contributed by atoms with Crippen molar-refractivity contribution in [3.63, 3.8) is 0 Å². The zero-order valence-corrected chi connectivity index (χ0v) is 11.5. The Bertz CT molecular complexity index is 450. The number of nitrogens with zero attached hydrogens (tertiary/aromatic N) is 1. The SMILES string of the molecule is CC(C)CCOCCNC(=O)c1cccc(C#N)c1. The molecular formula is C15H20N2O2. The first-order valence-electron chi connectivity index (χ1n) is 6.49. The standard InChI is InChI=1S/C15H20N2O2/c1-12(2)6-8-19-9-7-17-15(18)14-5-3-4-13(10-14)11-16/h3-5,10,12H,6-9H2,1-2H3,(H,17,18). The summed E-state index contributed by atoms with van der Waals surface area (Å²) in [5.74, 6) is 0.452. The third-order valence-corrected chi connectivity index (χ3v) is 2.63. The highest BCUT2D eigenvalue weighted by atomic mass is 16.5. The van der Waals surface area contributed by atoms with E-state index in [-0.39, 0.29) is 5.91 Å². The van der Waals surface area contributed by atoms with Crippen molar-refractivity contribution in [2.24, 2.45) is 5.92 Å². The van der Waals surface area contributed by atoms with Crippen molar-refractivity contribution in [1.82, 2.24) is 5.32 Å². The first-order valence-corrected chi connectivity index (χ1v) is 6.49. The van der Waals surface area contributed by atoms with Crippen molar-refractivity contribution in [3.8, 4) is 6.07 Å². The number of nitriles is 1. The fourth-order valence-corrected chi connectivity index (χ4v) is 1.49. The van der Waals surface area contributed by atoms with E-state index in [1.807, 2.05) is 6.07 Å². The Labute approximate surface area is 114 Å². The minimum atomic E-state index is -0.176. The van der Waals surface area contributed by atoms with Crippen LogP contribution in [0.1, 0.15) is 36.2 Å². The number of carbonyl (C=O) groups excluding carboxylic acids is 1. The summed E-state index contributed by atoms with van der Waals surface area (Å²) in [5.41, 5.74) is 0.988. The van der Waals surface area contributed by atoms with E-state index in [0.29, 0.717) is 30.2 Å². The summed E-state index contributed by atoms with van der Waals surface area (Å²) in [6, 6.07) is 8.65. The molecule has 1 amide bonds. The second-order valence-corrected chi connectivity index (χ2v) is 4.74. The van der Waals surface area contributed by atoms with Crippen LogP contribution in [0.4, 0.5) is 0 Å². The topological polar surface area (TPSA) is 62.1 Å². The monoisotopic (exact) mass is 260 g/mol. The number of amides is 1. The molecule has 0 bridgehead atoms. The van der Waals surface area contributed by atoms with Gasteiger partial charge in [-0.2, -0.15) is 5.26 Å². The Morgan fingerprint density at radius 3 is 2.89 bits per heavy atom. The van der Waals surface area contributed by atoms with Gasteiger partial charge in [-0.25, -0.2) is 0 Å². The zero-order chi connectivity index (χ0) is 14.1. The van der Waals surface area contributed by atoms with Crippen LogP contribution >= 0.6 is 0 Å². The molecule has 4 nitrogen and oxygen atoms in total. The highest BCUT2D eigenvalue weighted by Crippen LogP contribution is 2.03. The fraction of sp³-hybridized carbons (Fsp3) is 0.467. The molecule has 0 fully saturated rings. The molecule has 0 atom stereocenters. The maximum Gasteiger partial charge on any atom is 0.251 e. The molecule has 1 aromatic carbocycles. The van der Waals surface area contributed by atoms with Crippen molar-refractivity contribution in [2.45, 2.75) is 20.3 Å². The number of hydrogen-bond donors (Lipinski definition) is 1. The lowest BCUT2D eigenvalue weighted by atomic mass is 10.1. The van der Waals surface area contributed by atoms with Gasteiger partial charge in [0, 0.05) is 18.7 Å². The van der Waals surface area contributed by atoms with Crippen molar-refractivity contribution < 1.29 is 9.53 Å². The smallest absolute Gasteiger partial charge is 0.251 e. The number of ether oxygens (including phenoxy) is 1. The predicted molar refractivity (Wildman–Crippen MR) is 73.8 cm³/mol. The molecule has 1 aromatic rings. The van der Waals surface area contributed by atoms with Crippen LogP contribution in [0, 0.1) is 17.2 Å².